The Balaban J connectivity index is 2.35. The molecule has 0 atom stereocenters. The van der Waals surface area contributed by atoms with Crippen LogP contribution >= 0.6 is 11.6 Å². The molecule has 1 aromatic heterocycles. The molecule has 88 valence electrons. The van der Waals surface area contributed by atoms with Gasteiger partial charge in [-0.3, -0.25) is 4.98 Å². The molecular weight excluding hydrogens is 232 g/mol. The van der Waals surface area contributed by atoms with Crippen LogP contribution in [-0.2, 0) is 0 Å². The molecule has 2 rings (SSSR count). The third kappa shape index (κ3) is 2.98. The molecule has 0 unspecified atom stereocenters. The summed E-state index contributed by atoms with van der Waals surface area (Å²) in [5, 5.41) is 0.757. The SMILES string of the molecule is CCCN(c1cccnc1)c1cccc(Cl)c1. The van der Waals surface area contributed by atoms with Gasteiger partial charge in [0, 0.05) is 23.5 Å². The van der Waals surface area contributed by atoms with Crippen molar-refractivity contribution in [3.8, 4) is 0 Å². The van der Waals surface area contributed by atoms with Crippen LogP contribution in [-0.4, -0.2) is 11.5 Å². The van der Waals surface area contributed by atoms with Crippen molar-refractivity contribution in [1.29, 1.82) is 0 Å². The maximum atomic E-state index is 6.03. The van der Waals surface area contributed by atoms with Crippen molar-refractivity contribution >= 4 is 23.0 Å². The van der Waals surface area contributed by atoms with Gasteiger partial charge in [-0.25, -0.2) is 0 Å². The molecule has 0 saturated heterocycles. The van der Waals surface area contributed by atoms with Crippen LogP contribution in [0.5, 0.6) is 0 Å². The average Bonchev–Trinajstić information content (AvgIpc) is 2.37. The van der Waals surface area contributed by atoms with Crippen LogP contribution in [0.4, 0.5) is 11.4 Å². The third-order valence-electron chi connectivity index (χ3n) is 2.52. The van der Waals surface area contributed by atoms with Crippen LogP contribution in [0, 0.1) is 0 Å². The van der Waals surface area contributed by atoms with Crippen molar-refractivity contribution in [2.45, 2.75) is 13.3 Å². The number of hydrogen-bond donors (Lipinski definition) is 0. The Morgan fingerprint density at radius 1 is 1.18 bits per heavy atom. The minimum Gasteiger partial charge on any atom is -0.340 e. The maximum absolute atomic E-state index is 6.03. The largest absolute Gasteiger partial charge is 0.340 e. The summed E-state index contributed by atoms with van der Waals surface area (Å²) < 4.78 is 0. The van der Waals surface area contributed by atoms with Gasteiger partial charge in [-0.05, 0) is 36.8 Å². The molecule has 0 radical (unpaired) electrons. The van der Waals surface area contributed by atoms with E-state index in [2.05, 4.69) is 28.9 Å². The van der Waals surface area contributed by atoms with E-state index >= 15 is 0 Å². The van der Waals surface area contributed by atoms with E-state index in [0.29, 0.717) is 0 Å². The lowest BCUT2D eigenvalue weighted by atomic mass is 10.2. The minimum absolute atomic E-state index is 0.757. The second-order valence-corrected chi connectivity index (χ2v) is 4.28. The van der Waals surface area contributed by atoms with Crippen LogP contribution < -0.4 is 4.90 Å². The molecule has 0 amide bonds. The first-order chi connectivity index (χ1) is 8.31. The van der Waals surface area contributed by atoms with E-state index in [0.717, 1.165) is 29.4 Å². The van der Waals surface area contributed by atoms with E-state index in [4.69, 9.17) is 11.6 Å². The standard InChI is InChI=1S/C14H15ClN2/c1-2-9-17(14-7-4-8-16-11-14)13-6-3-5-12(15)10-13/h3-8,10-11H,2,9H2,1H3. The number of pyridine rings is 1. The van der Waals surface area contributed by atoms with E-state index in [1.54, 1.807) is 6.20 Å². The van der Waals surface area contributed by atoms with Gasteiger partial charge >= 0.3 is 0 Å². The van der Waals surface area contributed by atoms with Gasteiger partial charge in [-0.1, -0.05) is 24.6 Å². The Morgan fingerprint density at radius 3 is 2.65 bits per heavy atom. The molecular formula is C14H15ClN2. The molecule has 17 heavy (non-hydrogen) atoms. The number of aromatic nitrogens is 1. The normalized spacial score (nSPS) is 10.2. The highest BCUT2D eigenvalue weighted by molar-refractivity contribution is 6.30. The predicted octanol–water partition coefficient (Wildman–Crippen LogP) is 4.28. The van der Waals surface area contributed by atoms with Crippen molar-refractivity contribution in [3.05, 3.63) is 53.8 Å². The molecule has 1 heterocycles. The Kier molecular flexibility index (Phi) is 3.99. The van der Waals surface area contributed by atoms with Gasteiger partial charge in [0.25, 0.3) is 0 Å². The summed E-state index contributed by atoms with van der Waals surface area (Å²) in [7, 11) is 0. The fourth-order valence-corrected chi connectivity index (χ4v) is 1.97. The highest BCUT2D eigenvalue weighted by Crippen LogP contribution is 2.26. The second kappa shape index (κ2) is 5.69. The lowest BCUT2D eigenvalue weighted by molar-refractivity contribution is 0.883. The fraction of sp³-hybridized carbons (Fsp3) is 0.214. The second-order valence-electron chi connectivity index (χ2n) is 3.84. The zero-order valence-electron chi connectivity index (χ0n) is 9.81. The van der Waals surface area contributed by atoms with E-state index in [1.165, 1.54) is 0 Å². The quantitative estimate of drug-likeness (QED) is 0.800. The highest BCUT2D eigenvalue weighted by Gasteiger charge is 2.08. The van der Waals surface area contributed by atoms with Crippen LogP contribution in [0.1, 0.15) is 13.3 Å². The van der Waals surface area contributed by atoms with E-state index in [9.17, 15) is 0 Å². The summed E-state index contributed by atoms with van der Waals surface area (Å²) in [5.74, 6) is 0. The topological polar surface area (TPSA) is 16.1 Å². The van der Waals surface area contributed by atoms with Gasteiger partial charge in [-0.15, -0.1) is 0 Å². The smallest absolute Gasteiger partial charge is 0.0597 e. The molecule has 2 aromatic rings. The lowest BCUT2D eigenvalue weighted by Crippen LogP contribution is -2.17. The molecule has 0 aliphatic rings. The summed E-state index contributed by atoms with van der Waals surface area (Å²) in [6.45, 7) is 3.11. The Labute approximate surface area is 107 Å². The van der Waals surface area contributed by atoms with Crippen LogP contribution in [0.25, 0.3) is 0 Å². The number of benzene rings is 1. The number of hydrogen-bond acceptors (Lipinski definition) is 2. The van der Waals surface area contributed by atoms with Crippen molar-refractivity contribution in [2.24, 2.45) is 0 Å². The van der Waals surface area contributed by atoms with E-state index in [1.807, 2.05) is 30.5 Å². The molecule has 0 saturated carbocycles. The highest BCUT2D eigenvalue weighted by atomic mass is 35.5. The summed E-state index contributed by atoms with van der Waals surface area (Å²) in [6, 6.07) is 11.9. The zero-order chi connectivity index (χ0) is 12.1. The molecule has 0 aliphatic heterocycles. The Bertz CT molecular complexity index is 471. The van der Waals surface area contributed by atoms with Gasteiger partial charge in [0.05, 0.1) is 11.9 Å². The van der Waals surface area contributed by atoms with Crippen molar-refractivity contribution < 1.29 is 0 Å². The van der Waals surface area contributed by atoms with Crippen LogP contribution in [0.15, 0.2) is 48.8 Å². The predicted molar refractivity (Wildman–Crippen MR) is 73.0 cm³/mol. The molecule has 0 fully saturated rings. The van der Waals surface area contributed by atoms with Crippen LogP contribution in [0.2, 0.25) is 5.02 Å². The minimum atomic E-state index is 0.757. The number of rotatable bonds is 4. The average molecular weight is 247 g/mol. The summed E-state index contributed by atoms with van der Waals surface area (Å²) >= 11 is 6.03. The number of anilines is 2. The summed E-state index contributed by atoms with van der Waals surface area (Å²) in [6.07, 6.45) is 4.73. The zero-order valence-corrected chi connectivity index (χ0v) is 10.6. The first kappa shape index (κ1) is 11.9. The van der Waals surface area contributed by atoms with E-state index < -0.39 is 0 Å². The molecule has 2 nitrogen and oxygen atoms in total. The Hall–Kier alpha value is -1.54. The van der Waals surface area contributed by atoms with Gasteiger partial charge < -0.3 is 4.90 Å². The van der Waals surface area contributed by atoms with Gasteiger partial charge in [0.2, 0.25) is 0 Å². The Morgan fingerprint density at radius 2 is 2.00 bits per heavy atom. The maximum Gasteiger partial charge on any atom is 0.0597 e. The molecule has 0 N–H and O–H groups in total. The number of nitrogens with zero attached hydrogens (tertiary/aromatic N) is 2. The third-order valence-corrected chi connectivity index (χ3v) is 2.76. The van der Waals surface area contributed by atoms with Gasteiger partial charge in [0.1, 0.15) is 0 Å². The fourth-order valence-electron chi connectivity index (χ4n) is 1.79. The summed E-state index contributed by atoms with van der Waals surface area (Å²) in [4.78, 5) is 6.38. The molecule has 3 heteroatoms. The number of halogens is 1. The van der Waals surface area contributed by atoms with E-state index in [-0.39, 0.29) is 0 Å². The first-order valence-electron chi connectivity index (χ1n) is 5.74. The van der Waals surface area contributed by atoms with Crippen molar-refractivity contribution in [1.82, 2.24) is 4.98 Å². The van der Waals surface area contributed by atoms with Gasteiger partial charge in [-0.2, -0.15) is 0 Å². The summed E-state index contributed by atoms with van der Waals surface area (Å²) in [5.41, 5.74) is 2.20. The van der Waals surface area contributed by atoms with Crippen molar-refractivity contribution in [2.75, 3.05) is 11.4 Å². The lowest BCUT2D eigenvalue weighted by Gasteiger charge is -2.24. The molecule has 0 bridgehead atoms. The molecule has 0 aliphatic carbocycles. The first-order valence-corrected chi connectivity index (χ1v) is 6.12. The monoisotopic (exact) mass is 246 g/mol. The molecule has 0 spiro atoms. The van der Waals surface area contributed by atoms with Gasteiger partial charge in [0.15, 0.2) is 0 Å². The molecule has 1 aromatic carbocycles. The van der Waals surface area contributed by atoms with Crippen molar-refractivity contribution in [3.63, 3.8) is 0 Å². The van der Waals surface area contributed by atoms with Crippen LogP contribution in [0.3, 0.4) is 0 Å².